The molecule has 0 aliphatic carbocycles. The smallest absolute Gasteiger partial charge is 0.190 e. The second-order valence-corrected chi connectivity index (χ2v) is 6.80. The number of nitrogens with one attached hydrogen (secondary N) is 2. The lowest BCUT2D eigenvalue weighted by molar-refractivity contribution is 0.0420. The summed E-state index contributed by atoms with van der Waals surface area (Å²) in [5.74, 6) is 0.858. The van der Waals surface area contributed by atoms with Gasteiger partial charge in [-0.2, -0.15) is 0 Å². The second-order valence-electron chi connectivity index (χ2n) is 6.80. The van der Waals surface area contributed by atoms with Crippen LogP contribution in [-0.2, 0) is 15.9 Å². The lowest BCUT2D eigenvalue weighted by Gasteiger charge is -2.14. The Bertz CT molecular complexity index is 531. The first kappa shape index (κ1) is 24.0. The molecule has 2 rings (SSSR count). The number of ether oxygens (including phenoxy) is 2. The fourth-order valence-corrected chi connectivity index (χ4v) is 2.85. The minimum atomic E-state index is 0. The third kappa shape index (κ3) is 9.62. The monoisotopic (exact) mass is 490 g/mol. The minimum absolute atomic E-state index is 0. The zero-order valence-corrected chi connectivity index (χ0v) is 19.2. The molecule has 1 heterocycles. The van der Waals surface area contributed by atoms with Crippen molar-refractivity contribution in [2.75, 3.05) is 59.0 Å². The van der Waals surface area contributed by atoms with Crippen LogP contribution < -0.4 is 15.5 Å². The van der Waals surface area contributed by atoms with Gasteiger partial charge < -0.3 is 25.0 Å². The number of hydrogen-bond acceptors (Lipinski definition) is 4. The van der Waals surface area contributed by atoms with Gasteiger partial charge in [0.15, 0.2) is 5.96 Å². The highest BCUT2D eigenvalue weighted by atomic mass is 127. The fraction of sp³-hybridized carbons (Fsp3) is 0.650. The summed E-state index contributed by atoms with van der Waals surface area (Å²) in [5, 5.41) is 6.71. The van der Waals surface area contributed by atoms with E-state index in [1.807, 2.05) is 7.05 Å². The maximum absolute atomic E-state index is 5.76. The van der Waals surface area contributed by atoms with Crippen molar-refractivity contribution in [1.82, 2.24) is 10.6 Å². The van der Waals surface area contributed by atoms with Crippen molar-refractivity contribution in [3.05, 3.63) is 29.8 Å². The standard InChI is InChI=1S/C20H34N4O2.HI/c1-21-20(23-13-5-14-26-19-11-15-25-16-19)22-12-4-6-17-7-9-18(10-8-17)24(2)3;/h7-10,19H,4-6,11-16H2,1-3H3,(H2,21,22,23);1H. The van der Waals surface area contributed by atoms with Crippen molar-refractivity contribution in [3.63, 3.8) is 0 Å². The van der Waals surface area contributed by atoms with E-state index in [9.17, 15) is 0 Å². The van der Waals surface area contributed by atoms with Gasteiger partial charge in [-0.05, 0) is 43.4 Å². The van der Waals surface area contributed by atoms with Crippen LogP contribution in [0.2, 0.25) is 0 Å². The Kier molecular flexibility index (Phi) is 12.4. The molecule has 0 radical (unpaired) electrons. The van der Waals surface area contributed by atoms with Crippen LogP contribution >= 0.6 is 24.0 Å². The number of nitrogens with zero attached hydrogens (tertiary/aromatic N) is 2. The van der Waals surface area contributed by atoms with E-state index in [0.29, 0.717) is 6.10 Å². The Labute approximate surface area is 181 Å². The van der Waals surface area contributed by atoms with E-state index in [1.54, 1.807) is 0 Å². The van der Waals surface area contributed by atoms with Crippen LogP contribution in [0.25, 0.3) is 0 Å². The number of guanidine groups is 1. The Balaban J connectivity index is 0.00000364. The number of anilines is 1. The molecule has 1 fully saturated rings. The third-order valence-electron chi connectivity index (χ3n) is 4.47. The molecular formula is C20H35IN4O2. The maximum Gasteiger partial charge on any atom is 0.190 e. The summed E-state index contributed by atoms with van der Waals surface area (Å²) in [7, 11) is 5.93. The van der Waals surface area contributed by atoms with Crippen molar-refractivity contribution in [1.29, 1.82) is 0 Å². The van der Waals surface area contributed by atoms with Crippen molar-refractivity contribution in [3.8, 4) is 0 Å². The molecule has 1 atom stereocenters. The summed E-state index contributed by atoms with van der Waals surface area (Å²) in [6.07, 6.45) is 4.42. The van der Waals surface area contributed by atoms with Crippen molar-refractivity contribution >= 4 is 35.6 Å². The molecule has 2 N–H and O–H groups in total. The molecule has 7 heteroatoms. The van der Waals surface area contributed by atoms with Gasteiger partial charge in [0.25, 0.3) is 0 Å². The predicted octanol–water partition coefficient (Wildman–Crippen LogP) is 2.66. The molecule has 6 nitrogen and oxygen atoms in total. The van der Waals surface area contributed by atoms with Gasteiger partial charge in [0.2, 0.25) is 0 Å². The summed E-state index contributed by atoms with van der Waals surface area (Å²) in [6.45, 7) is 4.11. The van der Waals surface area contributed by atoms with E-state index in [0.717, 1.165) is 64.6 Å². The molecule has 27 heavy (non-hydrogen) atoms. The zero-order valence-electron chi connectivity index (χ0n) is 16.9. The van der Waals surface area contributed by atoms with Gasteiger partial charge in [0.1, 0.15) is 0 Å². The molecular weight excluding hydrogens is 455 g/mol. The quantitative estimate of drug-likeness (QED) is 0.229. The van der Waals surface area contributed by atoms with E-state index in [-0.39, 0.29) is 24.0 Å². The number of hydrogen-bond donors (Lipinski definition) is 2. The van der Waals surface area contributed by atoms with Gasteiger partial charge in [-0.25, -0.2) is 0 Å². The molecule has 1 aromatic rings. The second kappa shape index (κ2) is 14.0. The summed E-state index contributed by atoms with van der Waals surface area (Å²) >= 11 is 0. The van der Waals surface area contributed by atoms with Crippen LogP contribution in [0, 0.1) is 0 Å². The lowest BCUT2D eigenvalue weighted by atomic mass is 10.1. The average Bonchev–Trinajstić information content (AvgIpc) is 3.17. The summed E-state index contributed by atoms with van der Waals surface area (Å²) < 4.78 is 11.1. The molecule has 154 valence electrons. The van der Waals surface area contributed by atoms with Gasteiger partial charge in [-0.1, -0.05) is 12.1 Å². The van der Waals surface area contributed by atoms with Crippen LogP contribution in [0.3, 0.4) is 0 Å². The normalized spacial score (nSPS) is 16.7. The van der Waals surface area contributed by atoms with Gasteiger partial charge >= 0.3 is 0 Å². The molecule has 0 amide bonds. The molecule has 1 unspecified atom stereocenters. The van der Waals surface area contributed by atoms with Crippen molar-refractivity contribution in [2.45, 2.75) is 31.8 Å². The molecule has 1 aliphatic heterocycles. The van der Waals surface area contributed by atoms with E-state index in [1.165, 1.54) is 11.3 Å². The molecule has 0 spiro atoms. The van der Waals surface area contributed by atoms with Gasteiger partial charge in [0.05, 0.1) is 12.7 Å². The van der Waals surface area contributed by atoms with Crippen molar-refractivity contribution in [2.24, 2.45) is 4.99 Å². The van der Waals surface area contributed by atoms with E-state index >= 15 is 0 Å². The number of halogens is 1. The largest absolute Gasteiger partial charge is 0.379 e. The molecule has 1 saturated heterocycles. The number of aliphatic imine (C=N–C) groups is 1. The Morgan fingerprint density at radius 2 is 1.89 bits per heavy atom. The molecule has 0 bridgehead atoms. The van der Waals surface area contributed by atoms with E-state index in [2.05, 4.69) is 58.9 Å². The topological polar surface area (TPSA) is 58.1 Å². The fourth-order valence-electron chi connectivity index (χ4n) is 2.85. The van der Waals surface area contributed by atoms with Crippen LogP contribution in [0.5, 0.6) is 0 Å². The number of aryl methyl sites for hydroxylation is 1. The first-order valence-corrected chi connectivity index (χ1v) is 9.59. The maximum atomic E-state index is 5.76. The van der Waals surface area contributed by atoms with Gasteiger partial charge in [0, 0.05) is 53.1 Å². The SMILES string of the molecule is CN=C(NCCCOC1CCOC1)NCCCc1ccc(N(C)C)cc1.I. The molecule has 0 saturated carbocycles. The summed E-state index contributed by atoms with van der Waals surface area (Å²) in [6, 6.07) is 8.75. The lowest BCUT2D eigenvalue weighted by Crippen LogP contribution is -2.38. The Morgan fingerprint density at radius 1 is 1.19 bits per heavy atom. The molecule has 1 aromatic carbocycles. The summed E-state index contributed by atoms with van der Waals surface area (Å²) in [5.41, 5.74) is 2.61. The first-order chi connectivity index (χ1) is 12.7. The predicted molar refractivity (Wildman–Crippen MR) is 124 cm³/mol. The van der Waals surface area contributed by atoms with Crippen LogP contribution in [-0.4, -0.2) is 66.1 Å². The summed E-state index contributed by atoms with van der Waals surface area (Å²) in [4.78, 5) is 6.39. The zero-order chi connectivity index (χ0) is 18.6. The molecule has 1 aliphatic rings. The van der Waals surface area contributed by atoms with Gasteiger partial charge in [-0.15, -0.1) is 24.0 Å². The third-order valence-corrected chi connectivity index (χ3v) is 4.47. The highest BCUT2D eigenvalue weighted by Gasteiger charge is 2.15. The highest BCUT2D eigenvalue weighted by molar-refractivity contribution is 14.0. The Morgan fingerprint density at radius 3 is 2.48 bits per heavy atom. The Hall–Kier alpha value is -1.06. The highest BCUT2D eigenvalue weighted by Crippen LogP contribution is 2.13. The number of rotatable bonds is 10. The minimum Gasteiger partial charge on any atom is -0.379 e. The molecule has 0 aromatic heterocycles. The first-order valence-electron chi connectivity index (χ1n) is 9.59. The van der Waals surface area contributed by atoms with E-state index < -0.39 is 0 Å². The van der Waals surface area contributed by atoms with Gasteiger partial charge in [-0.3, -0.25) is 4.99 Å². The van der Waals surface area contributed by atoms with E-state index in [4.69, 9.17) is 9.47 Å². The van der Waals surface area contributed by atoms with Crippen LogP contribution in [0.15, 0.2) is 29.3 Å². The van der Waals surface area contributed by atoms with Crippen molar-refractivity contribution < 1.29 is 9.47 Å². The van der Waals surface area contributed by atoms with Crippen LogP contribution in [0.1, 0.15) is 24.8 Å². The van der Waals surface area contributed by atoms with Crippen LogP contribution in [0.4, 0.5) is 5.69 Å². The average molecular weight is 490 g/mol. The number of benzene rings is 1.